The normalized spacial score (nSPS) is 12.9. The molecule has 0 aliphatic heterocycles. The van der Waals surface area contributed by atoms with Gasteiger partial charge in [-0.25, -0.2) is 0 Å². The summed E-state index contributed by atoms with van der Waals surface area (Å²) in [7, 11) is 0. The third-order valence-corrected chi connectivity index (χ3v) is 2.94. The zero-order chi connectivity index (χ0) is 10.7. The molecule has 1 unspecified atom stereocenters. The Bertz CT molecular complexity index is 327. The summed E-state index contributed by atoms with van der Waals surface area (Å²) in [6.07, 6.45) is 0. The molecule has 78 valence electrons. The predicted octanol–water partition coefficient (Wildman–Crippen LogP) is 1.22. The van der Waals surface area contributed by atoms with Gasteiger partial charge in [0.15, 0.2) is 3.92 Å². The average molecular weight is 279 g/mol. The van der Waals surface area contributed by atoms with Crippen LogP contribution in [0.5, 0.6) is 0 Å². The number of amides is 1. The number of nitrogens with two attached hydrogens (primary N) is 1. The minimum Gasteiger partial charge on any atom is -0.368 e. The van der Waals surface area contributed by atoms with E-state index >= 15 is 0 Å². The van der Waals surface area contributed by atoms with Crippen molar-refractivity contribution in [3.05, 3.63) is 3.92 Å². The molecule has 0 aliphatic carbocycles. The van der Waals surface area contributed by atoms with Crippen LogP contribution < -0.4 is 11.1 Å². The maximum atomic E-state index is 11.1. The lowest BCUT2D eigenvalue weighted by Gasteiger charge is -2.17. The second-order valence-electron chi connectivity index (χ2n) is 3.13. The molecule has 1 amide bonds. The van der Waals surface area contributed by atoms with E-state index in [0.29, 0.717) is 9.05 Å². The molecule has 0 aromatic carbocycles. The Balaban J connectivity index is 2.69. The van der Waals surface area contributed by atoms with E-state index in [0.717, 1.165) is 0 Å². The van der Waals surface area contributed by atoms with Crippen LogP contribution in [-0.2, 0) is 4.79 Å². The van der Waals surface area contributed by atoms with Gasteiger partial charge in [0, 0.05) is 0 Å². The molecule has 7 heteroatoms. The summed E-state index contributed by atoms with van der Waals surface area (Å²) in [5.41, 5.74) is 5.24. The van der Waals surface area contributed by atoms with Crippen molar-refractivity contribution in [3.8, 4) is 0 Å². The molecule has 3 N–H and O–H groups in total. The minimum atomic E-state index is -0.408. The highest BCUT2D eigenvalue weighted by Gasteiger charge is 2.20. The van der Waals surface area contributed by atoms with Gasteiger partial charge in [-0.3, -0.25) is 4.79 Å². The molecular formula is C7H11BrN4OS. The molecule has 1 aromatic rings. The van der Waals surface area contributed by atoms with E-state index in [1.165, 1.54) is 11.3 Å². The quantitative estimate of drug-likeness (QED) is 0.868. The zero-order valence-corrected chi connectivity index (χ0v) is 10.2. The number of nitrogens with one attached hydrogen (secondary N) is 1. The lowest BCUT2D eigenvalue weighted by atomic mass is 10.0. The summed E-state index contributed by atoms with van der Waals surface area (Å²) in [5.74, 6) is -0.263. The fourth-order valence-corrected chi connectivity index (χ4v) is 2.01. The van der Waals surface area contributed by atoms with E-state index in [2.05, 4.69) is 31.4 Å². The Hall–Kier alpha value is -0.690. The Morgan fingerprint density at radius 3 is 2.57 bits per heavy atom. The van der Waals surface area contributed by atoms with Gasteiger partial charge in [-0.1, -0.05) is 25.2 Å². The molecule has 1 aromatic heterocycles. The van der Waals surface area contributed by atoms with E-state index in [4.69, 9.17) is 5.73 Å². The summed E-state index contributed by atoms with van der Waals surface area (Å²) in [6, 6.07) is -0.408. The van der Waals surface area contributed by atoms with Crippen molar-refractivity contribution >= 4 is 38.3 Å². The van der Waals surface area contributed by atoms with Gasteiger partial charge in [-0.15, -0.1) is 10.2 Å². The summed E-state index contributed by atoms with van der Waals surface area (Å²) in [6.45, 7) is 3.83. The van der Waals surface area contributed by atoms with Crippen molar-refractivity contribution in [2.45, 2.75) is 19.9 Å². The minimum absolute atomic E-state index is 0.121. The molecule has 0 spiro atoms. The van der Waals surface area contributed by atoms with Gasteiger partial charge in [-0.05, 0) is 21.8 Å². The van der Waals surface area contributed by atoms with Crippen LogP contribution in [0.3, 0.4) is 0 Å². The van der Waals surface area contributed by atoms with Crippen molar-refractivity contribution in [2.75, 3.05) is 5.32 Å². The van der Waals surface area contributed by atoms with Crippen LogP contribution >= 0.6 is 27.3 Å². The first kappa shape index (κ1) is 11.4. The summed E-state index contributed by atoms with van der Waals surface area (Å²) >= 11 is 4.51. The van der Waals surface area contributed by atoms with E-state index in [-0.39, 0.29) is 11.8 Å². The molecule has 1 heterocycles. The Kier molecular flexibility index (Phi) is 3.82. The molecule has 1 rings (SSSR count). The number of anilines is 1. The molecule has 0 radical (unpaired) electrons. The molecule has 0 aliphatic rings. The Morgan fingerprint density at radius 2 is 2.21 bits per heavy atom. The lowest BCUT2D eigenvalue weighted by molar-refractivity contribution is -0.119. The third kappa shape index (κ3) is 2.91. The highest BCUT2D eigenvalue weighted by molar-refractivity contribution is 9.11. The second kappa shape index (κ2) is 4.70. The van der Waals surface area contributed by atoms with Crippen LogP contribution in [0.1, 0.15) is 13.8 Å². The van der Waals surface area contributed by atoms with E-state index < -0.39 is 6.04 Å². The zero-order valence-electron chi connectivity index (χ0n) is 7.82. The molecule has 0 fully saturated rings. The SMILES string of the molecule is CC(C)C(Nc1nnc(Br)s1)C(N)=O. The molecule has 0 bridgehead atoms. The number of nitrogens with zero attached hydrogens (tertiary/aromatic N) is 2. The van der Waals surface area contributed by atoms with Gasteiger partial charge < -0.3 is 11.1 Å². The van der Waals surface area contributed by atoms with Crippen molar-refractivity contribution in [1.82, 2.24) is 10.2 Å². The van der Waals surface area contributed by atoms with Gasteiger partial charge in [0.05, 0.1) is 0 Å². The lowest BCUT2D eigenvalue weighted by Crippen LogP contribution is -2.39. The van der Waals surface area contributed by atoms with Crippen molar-refractivity contribution < 1.29 is 4.79 Å². The van der Waals surface area contributed by atoms with Gasteiger partial charge in [-0.2, -0.15) is 0 Å². The van der Waals surface area contributed by atoms with Gasteiger partial charge in [0.2, 0.25) is 11.0 Å². The highest BCUT2D eigenvalue weighted by Crippen LogP contribution is 2.21. The maximum absolute atomic E-state index is 11.1. The average Bonchev–Trinajstić information content (AvgIpc) is 2.46. The summed E-state index contributed by atoms with van der Waals surface area (Å²) < 4.78 is 0.673. The number of carbonyl (C=O) groups excluding carboxylic acids is 1. The fraction of sp³-hybridized carbons (Fsp3) is 0.571. The van der Waals surface area contributed by atoms with Crippen molar-refractivity contribution in [3.63, 3.8) is 0 Å². The Morgan fingerprint density at radius 1 is 1.57 bits per heavy atom. The predicted molar refractivity (Wildman–Crippen MR) is 59.1 cm³/mol. The third-order valence-electron chi connectivity index (χ3n) is 1.65. The summed E-state index contributed by atoms with van der Waals surface area (Å²) in [4.78, 5) is 11.1. The number of primary amides is 1. The second-order valence-corrected chi connectivity index (χ2v) is 5.38. The van der Waals surface area contributed by atoms with Crippen LogP contribution in [0.25, 0.3) is 0 Å². The number of rotatable bonds is 4. The van der Waals surface area contributed by atoms with Crippen molar-refractivity contribution in [2.24, 2.45) is 11.7 Å². The van der Waals surface area contributed by atoms with Crippen LogP contribution in [-0.4, -0.2) is 22.1 Å². The first-order valence-corrected chi connectivity index (χ1v) is 5.66. The molecule has 14 heavy (non-hydrogen) atoms. The number of hydrogen-bond acceptors (Lipinski definition) is 5. The largest absolute Gasteiger partial charge is 0.368 e. The first-order valence-electron chi connectivity index (χ1n) is 4.05. The van der Waals surface area contributed by atoms with Gasteiger partial charge >= 0.3 is 0 Å². The molecule has 1 atom stereocenters. The monoisotopic (exact) mass is 278 g/mol. The van der Waals surface area contributed by atoms with Gasteiger partial charge in [0.25, 0.3) is 0 Å². The van der Waals surface area contributed by atoms with Crippen molar-refractivity contribution in [1.29, 1.82) is 0 Å². The molecule has 0 saturated heterocycles. The topological polar surface area (TPSA) is 80.9 Å². The smallest absolute Gasteiger partial charge is 0.240 e. The number of halogens is 1. The van der Waals surface area contributed by atoms with Crippen LogP contribution in [0.4, 0.5) is 5.13 Å². The molecule has 0 saturated carbocycles. The van der Waals surface area contributed by atoms with E-state index in [1.807, 2.05) is 13.8 Å². The number of hydrogen-bond donors (Lipinski definition) is 2. The van der Waals surface area contributed by atoms with Gasteiger partial charge in [0.1, 0.15) is 6.04 Å². The maximum Gasteiger partial charge on any atom is 0.240 e. The van der Waals surface area contributed by atoms with Crippen LogP contribution in [0.2, 0.25) is 0 Å². The molecule has 5 nitrogen and oxygen atoms in total. The molecular weight excluding hydrogens is 268 g/mol. The van der Waals surface area contributed by atoms with Crippen LogP contribution in [0, 0.1) is 5.92 Å². The summed E-state index contributed by atoms with van der Waals surface area (Å²) in [5, 5.41) is 11.1. The number of aromatic nitrogens is 2. The first-order chi connectivity index (χ1) is 6.50. The Labute approximate surface area is 94.2 Å². The van der Waals surface area contributed by atoms with E-state index in [1.54, 1.807) is 0 Å². The number of carbonyl (C=O) groups is 1. The highest BCUT2D eigenvalue weighted by atomic mass is 79.9. The fourth-order valence-electron chi connectivity index (χ4n) is 0.963. The standard InChI is InChI=1S/C7H11BrN4OS/c1-3(2)4(5(9)13)10-7-12-11-6(8)14-7/h3-4H,1-2H3,(H2,9,13)(H,10,12). The van der Waals surface area contributed by atoms with Crippen LogP contribution in [0.15, 0.2) is 3.92 Å². The van der Waals surface area contributed by atoms with E-state index in [9.17, 15) is 4.79 Å².